The fourth-order valence-corrected chi connectivity index (χ4v) is 19.0. The molecule has 22 N–H and O–H groups in total. The van der Waals surface area contributed by atoms with Crippen LogP contribution in [0.25, 0.3) is 21.8 Å². The fraction of sp³-hybridized carbons (Fsp3) is 0.583. The van der Waals surface area contributed by atoms with Crippen LogP contribution in [0.15, 0.2) is 97.7 Å². The van der Waals surface area contributed by atoms with Crippen molar-refractivity contribution in [3.63, 3.8) is 0 Å². The lowest BCUT2D eigenvalue weighted by atomic mass is 9.84. The van der Waals surface area contributed by atoms with Crippen LogP contribution in [0.3, 0.4) is 0 Å². The molecular formula is C96H142N22O17S. The molecule has 3 fully saturated rings. The zero-order chi connectivity index (χ0) is 99.0. The van der Waals surface area contributed by atoms with Crippen molar-refractivity contribution >= 4 is 122 Å². The van der Waals surface area contributed by atoms with Gasteiger partial charge in [-0.05, 0) is 176 Å². The van der Waals surface area contributed by atoms with Gasteiger partial charge in [0.05, 0.1) is 30.4 Å². The van der Waals surface area contributed by atoms with Gasteiger partial charge in [-0.25, -0.2) is 4.98 Å². The predicted molar refractivity (Wildman–Crippen MR) is 515 cm³/mol. The first kappa shape index (κ1) is 108. The Hall–Kier alpha value is -12.0. The van der Waals surface area contributed by atoms with Crippen molar-refractivity contribution in [1.29, 1.82) is 0 Å². The number of phenolic OH excluding ortho intramolecular Hbond substituents is 1. The number of unbranched alkanes of at least 4 members (excludes halogenated alkanes) is 4. The third-order valence-corrected chi connectivity index (χ3v) is 27.0. The molecule has 744 valence electrons. The van der Waals surface area contributed by atoms with Crippen molar-refractivity contribution in [2.24, 2.45) is 40.7 Å². The molecule has 9 rings (SSSR count). The molecule has 0 bridgehead atoms. The minimum absolute atomic E-state index is 0.0107. The number of nitrogens with two attached hydrogens (primary N) is 4. The topological polar surface area (TPSA) is 585 Å². The molecule has 136 heavy (non-hydrogen) atoms. The number of H-pyrrole nitrogens is 3. The Morgan fingerprint density at radius 2 is 1.09 bits per heavy atom. The number of nitrogens with one attached hydrogen (secondary N) is 12. The molecule has 3 aliphatic heterocycles. The molecule has 0 spiro atoms. The van der Waals surface area contributed by atoms with E-state index in [-0.39, 0.29) is 134 Å². The Balaban J connectivity index is 1.11. The van der Waals surface area contributed by atoms with E-state index in [2.05, 4.69) is 67.8 Å². The number of aromatic amines is 3. The van der Waals surface area contributed by atoms with Gasteiger partial charge in [0.15, 0.2) is 0 Å². The van der Waals surface area contributed by atoms with Crippen molar-refractivity contribution in [2.45, 2.75) is 267 Å². The number of benzene rings is 3. The SMILES string of the molecule is CCCC[C@H]1C(=O)N(C)[C@@H](CCCC)C(=O)N[C@@H](CC(C)C)C(=O)N[C@H](C(=O)NCC(N)=O)CSCC(=O)N[C@@H](Cc2ccc(O)cc2)C(=O)N(C)[C@@H](C)C(=O)N[C@@H](CCN)C(=O)N2CCC[C@H]2C(=O)N[C@@H](Cc2c[nH]cn2)C(=O)N[C@@H](CCCCN)C(=O)N2C[C@H](O)C[C@H]2C(C)C[C@@H](Cc2c[nH]c3ccccc23)C(=O)N[C@@H](CCCCN)C(=O)N[C@@H](Cc2c[nH]c3ccccc23)C(=O)N1C. The lowest BCUT2D eigenvalue weighted by Gasteiger charge is -2.36. The number of rotatable bonds is 29. The van der Waals surface area contributed by atoms with Gasteiger partial charge in [-0.15, -0.1) is 11.8 Å². The highest BCUT2D eigenvalue weighted by molar-refractivity contribution is 8.00. The van der Waals surface area contributed by atoms with Gasteiger partial charge in [-0.2, -0.15) is 0 Å². The van der Waals surface area contributed by atoms with Crippen molar-refractivity contribution in [2.75, 3.05) is 71.9 Å². The zero-order valence-electron chi connectivity index (χ0n) is 79.7. The third kappa shape index (κ3) is 30.2. The summed E-state index contributed by atoms with van der Waals surface area (Å²) < 4.78 is 0. The zero-order valence-corrected chi connectivity index (χ0v) is 80.5. The fourth-order valence-electron chi connectivity index (χ4n) is 18.1. The molecule has 6 heterocycles. The van der Waals surface area contributed by atoms with E-state index in [0.717, 1.165) is 44.0 Å². The Labute approximate surface area is 798 Å². The summed E-state index contributed by atoms with van der Waals surface area (Å²) in [6, 6.07) is 3.71. The van der Waals surface area contributed by atoms with Crippen LogP contribution in [-0.2, 0) is 97.6 Å². The minimum atomic E-state index is -1.52. The number of hydrogen-bond donors (Lipinski definition) is 18. The number of para-hydroxylation sites is 2. The molecule has 6 aromatic rings. The number of nitrogens with zero attached hydrogens (tertiary/aromatic N) is 6. The summed E-state index contributed by atoms with van der Waals surface area (Å²) in [5.74, 6) is -14.0. The quantitative estimate of drug-likeness (QED) is 0.0297. The average molecular weight is 1910 g/mol. The monoisotopic (exact) mass is 1910 g/mol. The second kappa shape index (κ2) is 52.9. The Morgan fingerprint density at radius 1 is 0.537 bits per heavy atom. The van der Waals surface area contributed by atoms with Gasteiger partial charge >= 0.3 is 0 Å². The minimum Gasteiger partial charge on any atom is -0.508 e. The van der Waals surface area contributed by atoms with Gasteiger partial charge in [0.25, 0.3) is 0 Å². The Kier molecular flexibility index (Phi) is 41.9. The number of aliphatic hydroxyl groups is 1. The maximum absolute atomic E-state index is 16.0. The summed E-state index contributed by atoms with van der Waals surface area (Å²) in [5.41, 5.74) is 27.5. The van der Waals surface area contributed by atoms with Crippen LogP contribution in [0.4, 0.5) is 0 Å². The molecule has 0 radical (unpaired) electrons. The van der Waals surface area contributed by atoms with Gasteiger partial charge in [0, 0.05) is 112 Å². The molecule has 0 aliphatic carbocycles. The lowest BCUT2D eigenvalue weighted by molar-refractivity contribution is -0.149. The number of phenols is 1. The molecule has 1 unspecified atom stereocenters. The van der Waals surface area contributed by atoms with Crippen molar-refractivity contribution in [3.8, 4) is 5.75 Å². The van der Waals surface area contributed by atoms with Gasteiger partial charge in [-0.1, -0.05) is 109 Å². The van der Waals surface area contributed by atoms with Crippen LogP contribution in [0.1, 0.15) is 180 Å². The second-order valence-electron chi connectivity index (χ2n) is 36.7. The largest absolute Gasteiger partial charge is 0.508 e. The normalized spacial score (nSPS) is 25.4. The number of aromatic hydroxyl groups is 1. The number of carbonyl (C=O) groups excluding carboxylic acids is 15. The van der Waals surface area contributed by atoms with E-state index in [0.29, 0.717) is 74.6 Å². The number of carbonyl (C=O) groups is 15. The molecular weight excluding hydrogens is 1770 g/mol. The van der Waals surface area contributed by atoms with Gasteiger partial charge < -0.3 is 120 Å². The average Bonchev–Trinajstić information content (AvgIpc) is 1.46. The number of fused-ring (bicyclic) bond motifs is 4. The summed E-state index contributed by atoms with van der Waals surface area (Å²) in [5, 5.41) is 49.0. The number of thioether (sulfide) groups is 1. The molecule has 3 aromatic carbocycles. The van der Waals surface area contributed by atoms with E-state index in [1.807, 2.05) is 75.5 Å². The lowest BCUT2D eigenvalue weighted by Crippen LogP contribution is -2.60. The van der Waals surface area contributed by atoms with Gasteiger partial charge in [-0.3, -0.25) is 71.9 Å². The first-order chi connectivity index (χ1) is 65.1. The highest BCUT2D eigenvalue weighted by Crippen LogP contribution is 2.34. The summed E-state index contributed by atoms with van der Waals surface area (Å²) in [6.45, 7) is 10.2. The number of aromatic nitrogens is 4. The molecule has 15 amide bonds. The van der Waals surface area contributed by atoms with Crippen LogP contribution in [-0.4, -0.2) is 300 Å². The summed E-state index contributed by atoms with van der Waals surface area (Å²) in [4.78, 5) is 245. The number of imidazole rings is 1. The van der Waals surface area contributed by atoms with Crippen molar-refractivity contribution < 1.29 is 82.1 Å². The Bertz CT molecular complexity index is 5030. The van der Waals surface area contributed by atoms with Crippen LogP contribution < -0.4 is 70.8 Å². The summed E-state index contributed by atoms with van der Waals surface area (Å²) in [7, 11) is 4.21. The van der Waals surface area contributed by atoms with Crippen molar-refractivity contribution in [3.05, 3.63) is 120 Å². The highest BCUT2D eigenvalue weighted by atomic mass is 32.2. The standard InChI is InChI=1S/C96H142N22O17S/c1-10-12-29-78-90(129)110-73(41-56(3)4)88(127)113-77(86(125)104-51-82(100)121)53-136-54-83(122)106-75(43-59-32-34-64(119)35-33-59)92(131)114(7)58(6)84(123)108-72(36-39-99)94(133)117-40-22-31-79(117)91(130)111-74(46-63-50-101-55-105-63)89(128)109-71(28-19-21-38-98)95(134)118-52-65(120)47-81(118)57(5)42-60(44-61-48-102-68-25-16-14-23-66(61)68)85(124)107-70(27-18-20-37-97)87(126)112-76(45-62-49-103-69-26-17-15-24-67(62)69)93(132)116(9)80(30-13-11-2)96(135)115(78)8/h14-17,23-26,32-35,48-50,55-58,60,65,70-81,102-103,119-120H,10-13,18-22,27-31,36-47,51-54,97-99H2,1-9H3,(H2,100,121)(H,101,105)(H,104,125)(H,106,122)(H,107,124)(H,108,123)(H,109,128)(H,110,129)(H,111,130)(H,112,126)(H,113,127)/t57?,58-,60-,65+,70-,71-,72-,73-,74-,75-,76-,77-,78-,79-,80-,81-/m0/s1. The van der Waals surface area contributed by atoms with Gasteiger partial charge in [0.1, 0.15) is 78.3 Å². The maximum Gasteiger partial charge on any atom is 0.245 e. The number of likely N-dealkylation sites (N-methyl/N-ethyl adjacent to an activating group) is 3. The maximum atomic E-state index is 16.0. The van der Waals surface area contributed by atoms with E-state index < -0.39 is 197 Å². The molecule has 16 atom stereocenters. The smallest absolute Gasteiger partial charge is 0.245 e. The molecule has 39 nitrogen and oxygen atoms in total. The van der Waals surface area contributed by atoms with E-state index >= 15 is 38.4 Å². The van der Waals surface area contributed by atoms with Crippen LogP contribution in [0.5, 0.6) is 5.75 Å². The second-order valence-corrected chi connectivity index (χ2v) is 37.7. The third-order valence-electron chi connectivity index (χ3n) is 25.9. The van der Waals surface area contributed by atoms with Gasteiger partial charge in [0.2, 0.25) is 88.6 Å². The van der Waals surface area contributed by atoms with E-state index in [9.17, 15) is 43.8 Å². The van der Waals surface area contributed by atoms with Crippen LogP contribution in [0.2, 0.25) is 0 Å². The first-order valence-electron chi connectivity index (χ1n) is 47.7. The van der Waals surface area contributed by atoms with Crippen molar-refractivity contribution in [1.82, 2.24) is 92.3 Å². The van der Waals surface area contributed by atoms with Crippen LogP contribution in [0, 0.1) is 17.8 Å². The predicted octanol–water partition coefficient (Wildman–Crippen LogP) is 1.70. The summed E-state index contributed by atoms with van der Waals surface area (Å²) in [6.07, 6.45) is 9.17. The van der Waals surface area contributed by atoms with E-state index in [1.165, 1.54) is 84.5 Å². The highest BCUT2D eigenvalue weighted by Gasteiger charge is 2.46. The number of primary amides is 1. The molecule has 3 aromatic heterocycles. The Morgan fingerprint density at radius 3 is 1.71 bits per heavy atom. The van der Waals surface area contributed by atoms with E-state index in [4.69, 9.17) is 22.9 Å². The molecule has 40 heteroatoms. The number of hydrogen-bond acceptors (Lipinski definition) is 22. The first-order valence-corrected chi connectivity index (χ1v) is 48.8. The number of aliphatic hydroxyl groups excluding tert-OH is 1. The van der Waals surface area contributed by atoms with E-state index in [1.54, 1.807) is 20.0 Å². The number of amides is 15. The molecule has 3 aliphatic rings. The summed E-state index contributed by atoms with van der Waals surface area (Å²) >= 11 is 0.842. The molecule has 3 saturated heterocycles. The van der Waals surface area contributed by atoms with Crippen LogP contribution >= 0.6 is 11.8 Å². The molecule has 0 saturated carbocycles.